The average Bonchev–Trinajstić information content (AvgIpc) is 2.20. The first-order chi connectivity index (χ1) is 7.63. The summed E-state index contributed by atoms with van der Waals surface area (Å²) in [6.07, 6.45) is 4.32. The second-order valence-corrected chi connectivity index (χ2v) is 3.98. The Hall–Kier alpha value is -1.51. The fraction of sp³-hybridized carbons (Fsp3) is 0.462. The molecule has 0 heterocycles. The fourth-order valence-corrected chi connectivity index (χ4v) is 1.62. The van der Waals surface area contributed by atoms with Crippen molar-refractivity contribution in [1.82, 2.24) is 0 Å². The largest absolute Gasteiger partial charge is 0.508 e. The van der Waals surface area contributed by atoms with E-state index in [0.29, 0.717) is 5.69 Å². The highest BCUT2D eigenvalue weighted by molar-refractivity contribution is 5.88. The highest BCUT2D eigenvalue weighted by atomic mass is 16.3. The molecular formula is C13H19NO2. The normalized spacial score (nSPS) is 10.1. The van der Waals surface area contributed by atoms with Crippen LogP contribution in [0.1, 0.15) is 38.7 Å². The quantitative estimate of drug-likeness (QED) is 0.751. The number of carbonyl (C=O) groups excluding carboxylic acids is 1. The molecule has 2 N–H and O–H groups in total. The van der Waals surface area contributed by atoms with Gasteiger partial charge in [-0.05, 0) is 24.5 Å². The van der Waals surface area contributed by atoms with Crippen LogP contribution in [-0.2, 0) is 11.2 Å². The van der Waals surface area contributed by atoms with E-state index in [0.717, 1.165) is 18.4 Å². The predicted molar refractivity (Wildman–Crippen MR) is 65.6 cm³/mol. The molecule has 1 amide bonds. The third kappa shape index (κ3) is 3.93. The molecule has 0 aliphatic heterocycles. The topological polar surface area (TPSA) is 49.3 Å². The van der Waals surface area contributed by atoms with E-state index in [1.807, 2.05) is 12.1 Å². The molecule has 0 unspecified atom stereocenters. The minimum atomic E-state index is -0.127. The molecule has 1 aromatic rings. The van der Waals surface area contributed by atoms with Gasteiger partial charge in [-0.2, -0.15) is 0 Å². The first kappa shape index (κ1) is 12.6. The summed E-state index contributed by atoms with van der Waals surface area (Å²) in [5.74, 6) is 0.139. The molecule has 0 bridgehead atoms. The van der Waals surface area contributed by atoms with E-state index in [9.17, 15) is 9.90 Å². The van der Waals surface area contributed by atoms with Crippen LogP contribution in [0.2, 0.25) is 0 Å². The number of benzene rings is 1. The van der Waals surface area contributed by atoms with Crippen molar-refractivity contribution >= 4 is 11.6 Å². The van der Waals surface area contributed by atoms with Gasteiger partial charge in [-0.1, -0.05) is 25.8 Å². The number of hydrogen-bond donors (Lipinski definition) is 2. The van der Waals surface area contributed by atoms with Crippen molar-refractivity contribution in [2.45, 2.75) is 39.5 Å². The molecule has 0 spiro atoms. The smallest absolute Gasteiger partial charge is 0.221 e. The number of phenolic OH excluding ortho intramolecular Hbond substituents is 1. The maximum Gasteiger partial charge on any atom is 0.221 e. The second-order valence-electron chi connectivity index (χ2n) is 3.98. The molecular weight excluding hydrogens is 202 g/mol. The SMILES string of the molecule is CCCCCc1ccc(NC(C)=O)cc1O. The number of anilines is 1. The van der Waals surface area contributed by atoms with Crippen LogP contribution >= 0.6 is 0 Å². The van der Waals surface area contributed by atoms with Gasteiger partial charge in [0.05, 0.1) is 0 Å². The van der Waals surface area contributed by atoms with Gasteiger partial charge >= 0.3 is 0 Å². The summed E-state index contributed by atoms with van der Waals surface area (Å²) in [7, 11) is 0. The molecule has 0 atom stereocenters. The lowest BCUT2D eigenvalue weighted by molar-refractivity contribution is -0.114. The monoisotopic (exact) mass is 221 g/mol. The first-order valence-electron chi connectivity index (χ1n) is 5.73. The zero-order valence-electron chi connectivity index (χ0n) is 9.92. The van der Waals surface area contributed by atoms with Crippen LogP contribution in [0.3, 0.4) is 0 Å². The van der Waals surface area contributed by atoms with Gasteiger partial charge in [0.1, 0.15) is 5.75 Å². The van der Waals surface area contributed by atoms with Crippen molar-refractivity contribution in [2.24, 2.45) is 0 Å². The Balaban J connectivity index is 2.64. The molecule has 1 aromatic carbocycles. The van der Waals surface area contributed by atoms with Crippen LogP contribution in [0.4, 0.5) is 5.69 Å². The second kappa shape index (κ2) is 6.16. The van der Waals surface area contributed by atoms with E-state index in [4.69, 9.17) is 0 Å². The molecule has 3 heteroatoms. The number of rotatable bonds is 5. The molecule has 0 radical (unpaired) electrons. The van der Waals surface area contributed by atoms with Crippen molar-refractivity contribution in [3.8, 4) is 5.75 Å². The number of hydrogen-bond acceptors (Lipinski definition) is 2. The van der Waals surface area contributed by atoms with Gasteiger partial charge in [-0.15, -0.1) is 0 Å². The van der Waals surface area contributed by atoms with Gasteiger partial charge in [0, 0.05) is 18.7 Å². The van der Waals surface area contributed by atoms with Gasteiger partial charge in [0.25, 0.3) is 0 Å². The summed E-state index contributed by atoms with van der Waals surface area (Å²) in [5.41, 5.74) is 1.59. The summed E-state index contributed by atoms with van der Waals surface area (Å²) in [6, 6.07) is 5.29. The van der Waals surface area contributed by atoms with Crippen molar-refractivity contribution in [1.29, 1.82) is 0 Å². The molecule has 0 aliphatic carbocycles. The van der Waals surface area contributed by atoms with Crippen molar-refractivity contribution in [3.63, 3.8) is 0 Å². The highest BCUT2D eigenvalue weighted by Gasteiger charge is 2.03. The Morgan fingerprint density at radius 2 is 2.12 bits per heavy atom. The molecule has 0 aliphatic rings. The zero-order chi connectivity index (χ0) is 12.0. The Kier molecular flexibility index (Phi) is 4.83. The van der Waals surface area contributed by atoms with Gasteiger partial charge < -0.3 is 10.4 Å². The molecule has 88 valence electrons. The highest BCUT2D eigenvalue weighted by Crippen LogP contribution is 2.23. The van der Waals surface area contributed by atoms with Crippen LogP contribution in [0.25, 0.3) is 0 Å². The summed E-state index contributed by atoms with van der Waals surface area (Å²) >= 11 is 0. The number of carbonyl (C=O) groups is 1. The summed E-state index contributed by atoms with van der Waals surface area (Å²) in [4.78, 5) is 10.8. The Labute approximate surface area is 96.5 Å². The third-order valence-corrected chi connectivity index (χ3v) is 2.46. The van der Waals surface area contributed by atoms with Gasteiger partial charge in [-0.3, -0.25) is 4.79 Å². The molecule has 1 rings (SSSR count). The maximum absolute atomic E-state index is 10.8. The van der Waals surface area contributed by atoms with E-state index in [1.54, 1.807) is 6.07 Å². The predicted octanol–water partition coefficient (Wildman–Crippen LogP) is 3.08. The van der Waals surface area contributed by atoms with Gasteiger partial charge in [0.2, 0.25) is 5.91 Å². The van der Waals surface area contributed by atoms with Crippen LogP contribution in [0.15, 0.2) is 18.2 Å². The number of aromatic hydroxyl groups is 1. The number of phenols is 1. The van der Waals surface area contributed by atoms with E-state index in [-0.39, 0.29) is 11.7 Å². The minimum Gasteiger partial charge on any atom is -0.508 e. The summed E-state index contributed by atoms with van der Waals surface area (Å²) in [5, 5.41) is 12.4. The van der Waals surface area contributed by atoms with E-state index in [2.05, 4.69) is 12.2 Å². The lowest BCUT2D eigenvalue weighted by Gasteiger charge is -2.07. The van der Waals surface area contributed by atoms with Crippen LogP contribution in [0, 0.1) is 0 Å². The third-order valence-electron chi connectivity index (χ3n) is 2.46. The Morgan fingerprint density at radius 3 is 2.69 bits per heavy atom. The average molecular weight is 221 g/mol. The Bertz CT molecular complexity index is 361. The zero-order valence-corrected chi connectivity index (χ0v) is 9.92. The molecule has 16 heavy (non-hydrogen) atoms. The van der Waals surface area contributed by atoms with Crippen LogP contribution < -0.4 is 5.32 Å². The number of aryl methyl sites for hydroxylation is 1. The van der Waals surface area contributed by atoms with Gasteiger partial charge in [0.15, 0.2) is 0 Å². The number of unbranched alkanes of at least 4 members (excludes halogenated alkanes) is 2. The standard InChI is InChI=1S/C13H19NO2/c1-3-4-5-6-11-7-8-12(9-13(11)16)14-10(2)15/h7-9,16H,3-6H2,1-2H3,(H,14,15). The summed E-state index contributed by atoms with van der Waals surface area (Å²) in [6.45, 7) is 3.60. The summed E-state index contributed by atoms with van der Waals surface area (Å²) < 4.78 is 0. The van der Waals surface area contributed by atoms with E-state index >= 15 is 0 Å². The first-order valence-corrected chi connectivity index (χ1v) is 5.73. The molecule has 0 saturated carbocycles. The molecule has 0 fully saturated rings. The lowest BCUT2D eigenvalue weighted by atomic mass is 10.1. The number of nitrogens with one attached hydrogen (secondary N) is 1. The lowest BCUT2D eigenvalue weighted by Crippen LogP contribution is -2.05. The molecule has 0 saturated heterocycles. The minimum absolute atomic E-state index is 0.127. The van der Waals surface area contributed by atoms with Crippen molar-refractivity contribution in [2.75, 3.05) is 5.32 Å². The van der Waals surface area contributed by atoms with Crippen molar-refractivity contribution in [3.05, 3.63) is 23.8 Å². The number of amides is 1. The molecule has 3 nitrogen and oxygen atoms in total. The Morgan fingerprint density at radius 1 is 1.38 bits per heavy atom. The van der Waals surface area contributed by atoms with Crippen LogP contribution in [0.5, 0.6) is 5.75 Å². The van der Waals surface area contributed by atoms with Gasteiger partial charge in [-0.25, -0.2) is 0 Å². The van der Waals surface area contributed by atoms with E-state index in [1.165, 1.54) is 19.8 Å². The van der Waals surface area contributed by atoms with E-state index < -0.39 is 0 Å². The fourth-order valence-electron chi connectivity index (χ4n) is 1.62. The van der Waals surface area contributed by atoms with Crippen molar-refractivity contribution < 1.29 is 9.90 Å². The van der Waals surface area contributed by atoms with Crippen LogP contribution in [-0.4, -0.2) is 11.0 Å². The maximum atomic E-state index is 10.8. The molecule has 0 aromatic heterocycles.